The Kier molecular flexibility index (Phi) is 5.89. The SMILES string of the molecule is CC(CCNC(=O)NCc1cc(F)ccc1F)C(=O)O. The van der Waals surface area contributed by atoms with Crippen molar-refractivity contribution >= 4 is 12.0 Å². The highest BCUT2D eigenvalue weighted by Crippen LogP contribution is 2.09. The number of amides is 2. The number of carbonyl (C=O) groups is 2. The zero-order chi connectivity index (χ0) is 15.1. The van der Waals surface area contributed by atoms with Crippen molar-refractivity contribution in [3.63, 3.8) is 0 Å². The molecule has 2 amide bonds. The third kappa shape index (κ3) is 5.21. The minimum atomic E-state index is -0.936. The summed E-state index contributed by atoms with van der Waals surface area (Å²) in [6.07, 6.45) is 0.289. The summed E-state index contributed by atoms with van der Waals surface area (Å²) >= 11 is 0. The molecule has 0 aliphatic rings. The van der Waals surface area contributed by atoms with Gasteiger partial charge < -0.3 is 15.7 Å². The van der Waals surface area contributed by atoms with Crippen LogP contribution in [0.5, 0.6) is 0 Å². The van der Waals surface area contributed by atoms with Crippen molar-refractivity contribution < 1.29 is 23.5 Å². The van der Waals surface area contributed by atoms with Crippen molar-refractivity contribution in [2.45, 2.75) is 19.9 Å². The van der Waals surface area contributed by atoms with Crippen molar-refractivity contribution in [3.05, 3.63) is 35.4 Å². The predicted molar refractivity (Wildman–Crippen MR) is 68.0 cm³/mol. The fraction of sp³-hybridized carbons (Fsp3) is 0.385. The van der Waals surface area contributed by atoms with Gasteiger partial charge >= 0.3 is 12.0 Å². The van der Waals surface area contributed by atoms with Crippen LogP contribution in [-0.2, 0) is 11.3 Å². The molecular weight excluding hydrogens is 270 g/mol. The average Bonchev–Trinajstić information content (AvgIpc) is 2.39. The van der Waals surface area contributed by atoms with Gasteiger partial charge in [0.1, 0.15) is 11.6 Å². The molecule has 1 unspecified atom stereocenters. The van der Waals surface area contributed by atoms with Gasteiger partial charge in [0.15, 0.2) is 0 Å². The number of aliphatic carboxylic acids is 1. The van der Waals surface area contributed by atoms with E-state index in [2.05, 4.69) is 10.6 Å². The molecule has 3 N–H and O–H groups in total. The number of urea groups is 1. The highest BCUT2D eigenvalue weighted by molar-refractivity contribution is 5.74. The van der Waals surface area contributed by atoms with Crippen LogP contribution in [0.4, 0.5) is 13.6 Å². The van der Waals surface area contributed by atoms with Crippen LogP contribution >= 0.6 is 0 Å². The van der Waals surface area contributed by atoms with Gasteiger partial charge in [0.2, 0.25) is 0 Å². The first-order valence-electron chi connectivity index (χ1n) is 6.08. The standard InChI is InChI=1S/C13H16F2N2O3/c1-8(12(18)19)4-5-16-13(20)17-7-9-6-10(14)2-3-11(9)15/h2-3,6,8H,4-5,7H2,1H3,(H,18,19)(H2,16,17,20). The molecule has 1 aromatic carbocycles. The Morgan fingerprint density at radius 2 is 2.00 bits per heavy atom. The van der Waals surface area contributed by atoms with Crippen LogP contribution in [-0.4, -0.2) is 23.7 Å². The van der Waals surface area contributed by atoms with Gasteiger partial charge in [0, 0.05) is 18.7 Å². The Balaban J connectivity index is 2.33. The fourth-order valence-corrected chi connectivity index (χ4v) is 1.44. The summed E-state index contributed by atoms with van der Waals surface area (Å²) in [4.78, 5) is 21.9. The number of halogens is 2. The van der Waals surface area contributed by atoms with Gasteiger partial charge in [-0.05, 0) is 24.6 Å². The predicted octanol–water partition coefficient (Wildman–Crippen LogP) is 1.87. The van der Waals surface area contributed by atoms with Crippen LogP contribution in [0, 0.1) is 17.6 Å². The van der Waals surface area contributed by atoms with Crippen LogP contribution in [0.3, 0.4) is 0 Å². The van der Waals surface area contributed by atoms with Crippen LogP contribution in [0.1, 0.15) is 18.9 Å². The molecule has 0 spiro atoms. The van der Waals surface area contributed by atoms with E-state index in [1.165, 1.54) is 6.92 Å². The summed E-state index contributed by atoms with van der Waals surface area (Å²) in [5, 5.41) is 13.5. The molecule has 1 atom stereocenters. The summed E-state index contributed by atoms with van der Waals surface area (Å²) in [6, 6.07) is 2.42. The number of hydrogen-bond acceptors (Lipinski definition) is 2. The summed E-state index contributed by atoms with van der Waals surface area (Å²) in [5.41, 5.74) is 0.0408. The topological polar surface area (TPSA) is 78.4 Å². The molecule has 110 valence electrons. The Morgan fingerprint density at radius 1 is 1.30 bits per heavy atom. The molecule has 0 aliphatic carbocycles. The maximum Gasteiger partial charge on any atom is 0.315 e. The Bertz CT molecular complexity index is 495. The molecule has 0 aromatic heterocycles. The molecule has 1 aromatic rings. The number of benzene rings is 1. The van der Waals surface area contributed by atoms with Crippen LogP contribution in [0.15, 0.2) is 18.2 Å². The van der Waals surface area contributed by atoms with Gasteiger partial charge in [-0.3, -0.25) is 4.79 Å². The number of nitrogens with one attached hydrogen (secondary N) is 2. The van der Waals surface area contributed by atoms with E-state index < -0.39 is 29.6 Å². The van der Waals surface area contributed by atoms with Gasteiger partial charge in [0.05, 0.1) is 5.92 Å². The number of hydrogen-bond donors (Lipinski definition) is 3. The van der Waals surface area contributed by atoms with E-state index in [9.17, 15) is 18.4 Å². The monoisotopic (exact) mass is 286 g/mol. The molecule has 0 saturated carbocycles. The van der Waals surface area contributed by atoms with Gasteiger partial charge in [-0.25, -0.2) is 13.6 Å². The summed E-state index contributed by atoms with van der Waals surface area (Å²) in [6.45, 7) is 1.57. The summed E-state index contributed by atoms with van der Waals surface area (Å²) in [5.74, 6) is -2.69. The van der Waals surface area contributed by atoms with Crippen molar-refractivity contribution in [3.8, 4) is 0 Å². The Labute approximate surface area is 115 Å². The van der Waals surface area contributed by atoms with Crippen molar-refractivity contribution in [1.29, 1.82) is 0 Å². The fourth-order valence-electron chi connectivity index (χ4n) is 1.44. The second-order valence-corrected chi connectivity index (χ2v) is 4.37. The van der Waals surface area contributed by atoms with Gasteiger partial charge in [-0.15, -0.1) is 0 Å². The molecule has 7 heteroatoms. The second kappa shape index (κ2) is 7.42. The quantitative estimate of drug-likeness (QED) is 0.747. The zero-order valence-electron chi connectivity index (χ0n) is 11.0. The first-order chi connectivity index (χ1) is 9.40. The third-order valence-corrected chi connectivity index (χ3v) is 2.73. The molecule has 1 rings (SSSR count). The zero-order valence-corrected chi connectivity index (χ0v) is 11.0. The van der Waals surface area contributed by atoms with E-state index in [4.69, 9.17) is 5.11 Å². The average molecular weight is 286 g/mol. The molecular formula is C13H16F2N2O3. The van der Waals surface area contributed by atoms with E-state index in [0.717, 1.165) is 18.2 Å². The van der Waals surface area contributed by atoms with E-state index >= 15 is 0 Å². The van der Waals surface area contributed by atoms with Crippen LogP contribution in [0.2, 0.25) is 0 Å². The first-order valence-corrected chi connectivity index (χ1v) is 6.08. The van der Waals surface area contributed by atoms with Crippen LogP contribution in [0.25, 0.3) is 0 Å². The minimum absolute atomic E-state index is 0.0408. The summed E-state index contributed by atoms with van der Waals surface area (Å²) < 4.78 is 26.2. The lowest BCUT2D eigenvalue weighted by atomic mass is 10.1. The molecule has 0 radical (unpaired) electrons. The second-order valence-electron chi connectivity index (χ2n) is 4.37. The first kappa shape index (κ1) is 15.9. The molecule has 20 heavy (non-hydrogen) atoms. The van der Waals surface area contributed by atoms with Gasteiger partial charge in [0.25, 0.3) is 0 Å². The Hall–Kier alpha value is -2.18. The molecule has 0 bridgehead atoms. The number of carboxylic acids is 1. The molecule has 5 nitrogen and oxygen atoms in total. The van der Waals surface area contributed by atoms with Crippen molar-refractivity contribution in [1.82, 2.24) is 10.6 Å². The van der Waals surface area contributed by atoms with Crippen molar-refractivity contribution in [2.75, 3.05) is 6.54 Å². The van der Waals surface area contributed by atoms with Gasteiger partial charge in [-0.1, -0.05) is 6.92 Å². The molecule has 0 heterocycles. The smallest absolute Gasteiger partial charge is 0.315 e. The lowest BCUT2D eigenvalue weighted by Crippen LogP contribution is -2.36. The van der Waals surface area contributed by atoms with Crippen molar-refractivity contribution in [2.24, 2.45) is 5.92 Å². The molecule has 0 aliphatic heterocycles. The largest absolute Gasteiger partial charge is 0.481 e. The van der Waals surface area contributed by atoms with E-state index in [1.807, 2.05) is 0 Å². The maximum absolute atomic E-state index is 13.3. The minimum Gasteiger partial charge on any atom is -0.481 e. The highest BCUT2D eigenvalue weighted by atomic mass is 19.1. The number of carbonyl (C=O) groups excluding carboxylic acids is 1. The van der Waals surface area contributed by atoms with E-state index in [1.54, 1.807) is 0 Å². The summed E-state index contributed by atoms with van der Waals surface area (Å²) in [7, 11) is 0. The van der Waals surface area contributed by atoms with E-state index in [-0.39, 0.29) is 25.1 Å². The van der Waals surface area contributed by atoms with Gasteiger partial charge in [-0.2, -0.15) is 0 Å². The lowest BCUT2D eigenvalue weighted by molar-refractivity contribution is -0.141. The lowest BCUT2D eigenvalue weighted by Gasteiger charge is -2.10. The third-order valence-electron chi connectivity index (χ3n) is 2.73. The normalized spacial score (nSPS) is 11.8. The molecule has 0 fully saturated rings. The molecule has 0 saturated heterocycles. The van der Waals surface area contributed by atoms with Crippen LogP contribution < -0.4 is 10.6 Å². The Morgan fingerprint density at radius 3 is 2.65 bits per heavy atom. The highest BCUT2D eigenvalue weighted by Gasteiger charge is 2.11. The number of carboxylic acid groups (broad SMARTS) is 1. The number of rotatable bonds is 6. The maximum atomic E-state index is 13.3. The van der Waals surface area contributed by atoms with E-state index in [0.29, 0.717) is 0 Å².